The van der Waals surface area contributed by atoms with Crippen molar-refractivity contribution in [1.82, 2.24) is 20.2 Å². The summed E-state index contributed by atoms with van der Waals surface area (Å²) in [6.07, 6.45) is 1.65. The summed E-state index contributed by atoms with van der Waals surface area (Å²) in [6.45, 7) is 1.78. The third-order valence-corrected chi connectivity index (χ3v) is 2.73. The highest BCUT2D eigenvalue weighted by Crippen LogP contribution is 2.24. The molecule has 3 N–H and O–H groups in total. The van der Waals surface area contributed by atoms with Crippen LogP contribution in [0.1, 0.15) is 5.82 Å². The van der Waals surface area contributed by atoms with Gasteiger partial charge in [-0.15, -0.1) is 0 Å². The number of hydrogen-bond acceptors (Lipinski definition) is 6. The van der Waals surface area contributed by atoms with E-state index in [9.17, 15) is 0 Å². The van der Waals surface area contributed by atoms with E-state index in [0.717, 1.165) is 0 Å². The zero-order valence-corrected chi connectivity index (χ0v) is 8.95. The molecule has 2 heterocycles. The van der Waals surface area contributed by atoms with Gasteiger partial charge in [0.05, 0.1) is 5.56 Å². The number of nitrogens with two attached hydrogens (primary N) is 1. The van der Waals surface area contributed by atoms with Gasteiger partial charge < -0.3 is 5.73 Å². The van der Waals surface area contributed by atoms with E-state index >= 15 is 0 Å². The Morgan fingerprint density at radius 1 is 1.57 bits per heavy atom. The van der Waals surface area contributed by atoms with Gasteiger partial charge in [-0.25, -0.2) is 9.97 Å². The summed E-state index contributed by atoms with van der Waals surface area (Å²) in [5.74, 6) is 1.07. The molecule has 7 heteroatoms. The highest BCUT2D eigenvalue weighted by Gasteiger charge is 2.08. The maximum atomic E-state index is 5.73. The third kappa shape index (κ3) is 1.64. The Balaban J connectivity index is 2.57. The van der Waals surface area contributed by atoms with Gasteiger partial charge in [0.2, 0.25) is 0 Å². The van der Waals surface area contributed by atoms with Crippen LogP contribution in [0.3, 0.4) is 0 Å². The number of H-pyrrole nitrogens is 1. The lowest BCUT2D eigenvalue weighted by molar-refractivity contribution is 1.05. The van der Waals surface area contributed by atoms with E-state index in [1.807, 2.05) is 0 Å². The maximum Gasteiger partial charge on any atom is 0.176 e. The number of aryl methyl sites for hydroxylation is 1. The lowest BCUT2D eigenvalue weighted by atomic mass is 10.3. The van der Waals surface area contributed by atoms with Gasteiger partial charge in [0, 0.05) is 6.20 Å². The first kappa shape index (κ1) is 9.22. The fourth-order valence-corrected chi connectivity index (χ4v) is 1.91. The van der Waals surface area contributed by atoms with Crippen LogP contribution in [-0.4, -0.2) is 20.2 Å². The molecule has 2 aromatic heterocycles. The van der Waals surface area contributed by atoms with Gasteiger partial charge >= 0.3 is 0 Å². The van der Waals surface area contributed by atoms with E-state index < -0.39 is 0 Å². The molecule has 0 aromatic carbocycles. The predicted molar refractivity (Wildman–Crippen MR) is 57.5 cm³/mol. The molecule has 0 aliphatic heterocycles. The van der Waals surface area contributed by atoms with Crippen LogP contribution in [0.15, 0.2) is 6.20 Å². The fourth-order valence-electron chi connectivity index (χ4n) is 0.997. The summed E-state index contributed by atoms with van der Waals surface area (Å²) in [6, 6.07) is 0. The van der Waals surface area contributed by atoms with Crippen molar-refractivity contribution >= 4 is 29.4 Å². The third-order valence-electron chi connectivity index (χ3n) is 1.61. The fraction of sp³-hybridized carbons (Fsp3) is 0.143. The molecular formula is C7H7N5S2. The number of nitrogens with one attached hydrogen (secondary N) is 1. The molecule has 0 radical (unpaired) electrons. The first-order valence-corrected chi connectivity index (χ1v) is 5.04. The van der Waals surface area contributed by atoms with E-state index in [0.29, 0.717) is 26.2 Å². The summed E-state index contributed by atoms with van der Waals surface area (Å²) in [5.41, 5.74) is 6.45. The van der Waals surface area contributed by atoms with Crippen LogP contribution in [0.25, 0.3) is 10.6 Å². The van der Waals surface area contributed by atoms with Crippen LogP contribution in [0, 0.1) is 10.9 Å². The molecule has 0 aliphatic carbocycles. The molecule has 0 saturated carbocycles. The molecule has 14 heavy (non-hydrogen) atoms. The molecule has 0 atom stereocenters. The van der Waals surface area contributed by atoms with Crippen LogP contribution in [0.2, 0.25) is 0 Å². The van der Waals surface area contributed by atoms with Gasteiger partial charge in [-0.05, 0) is 19.1 Å². The quantitative estimate of drug-likeness (QED) is 0.720. The minimum absolute atomic E-state index is 0.426. The van der Waals surface area contributed by atoms with Crippen LogP contribution in [0.5, 0.6) is 0 Å². The first-order chi connectivity index (χ1) is 6.66. The van der Waals surface area contributed by atoms with Crippen molar-refractivity contribution in [2.45, 2.75) is 6.92 Å². The van der Waals surface area contributed by atoms with Crippen molar-refractivity contribution < 1.29 is 0 Å². The zero-order valence-electron chi connectivity index (χ0n) is 7.31. The first-order valence-electron chi connectivity index (χ1n) is 3.82. The maximum absolute atomic E-state index is 5.73. The molecule has 5 nitrogen and oxygen atoms in total. The Morgan fingerprint density at radius 2 is 2.36 bits per heavy atom. The van der Waals surface area contributed by atoms with Crippen molar-refractivity contribution in [3.63, 3.8) is 0 Å². The number of rotatable bonds is 1. The van der Waals surface area contributed by atoms with Crippen molar-refractivity contribution in [3.8, 4) is 10.6 Å². The average Bonchev–Trinajstić information content (AvgIpc) is 2.51. The summed E-state index contributed by atoms with van der Waals surface area (Å²) in [7, 11) is 0. The number of aromatic nitrogens is 4. The van der Waals surface area contributed by atoms with E-state index in [1.54, 1.807) is 13.1 Å². The molecule has 0 spiro atoms. The van der Waals surface area contributed by atoms with Gasteiger partial charge in [0.1, 0.15) is 11.6 Å². The van der Waals surface area contributed by atoms with Crippen molar-refractivity contribution in [1.29, 1.82) is 0 Å². The second-order valence-corrected chi connectivity index (χ2v) is 4.30. The Morgan fingerprint density at radius 3 is 2.93 bits per heavy atom. The van der Waals surface area contributed by atoms with Gasteiger partial charge in [-0.2, -0.15) is 5.10 Å². The van der Waals surface area contributed by atoms with Crippen LogP contribution in [-0.2, 0) is 0 Å². The summed E-state index contributed by atoms with van der Waals surface area (Å²) in [4.78, 5) is 8.10. The number of aromatic amines is 1. The van der Waals surface area contributed by atoms with Gasteiger partial charge in [-0.1, -0.05) is 11.3 Å². The highest BCUT2D eigenvalue weighted by atomic mass is 32.1. The van der Waals surface area contributed by atoms with Crippen LogP contribution in [0.4, 0.5) is 5.82 Å². The van der Waals surface area contributed by atoms with E-state index in [1.165, 1.54) is 11.3 Å². The Hall–Kier alpha value is -1.34. The van der Waals surface area contributed by atoms with E-state index in [2.05, 4.69) is 20.2 Å². The Kier molecular flexibility index (Phi) is 2.26. The van der Waals surface area contributed by atoms with Crippen molar-refractivity contribution in [2.75, 3.05) is 5.73 Å². The van der Waals surface area contributed by atoms with Gasteiger partial charge in [0.25, 0.3) is 0 Å². The molecular weight excluding hydrogens is 218 g/mol. The number of anilines is 1. The second-order valence-electron chi connectivity index (χ2n) is 2.63. The zero-order chi connectivity index (χ0) is 10.1. The summed E-state index contributed by atoms with van der Waals surface area (Å²) >= 11 is 6.27. The van der Waals surface area contributed by atoms with Crippen molar-refractivity contribution in [3.05, 3.63) is 16.0 Å². The predicted octanol–water partition coefficient (Wildman–Crippen LogP) is 1.55. The molecule has 0 aliphatic rings. The molecule has 0 saturated heterocycles. The van der Waals surface area contributed by atoms with Gasteiger partial charge in [-0.3, -0.25) is 5.10 Å². The lowest BCUT2D eigenvalue weighted by Crippen LogP contribution is -1.97. The molecule has 72 valence electrons. The second kappa shape index (κ2) is 3.43. The summed E-state index contributed by atoms with van der Waals surface area (Å²) in [5, 5.41) is 7.40. The monoisotopic (exact) mass is 225 g/mol. The van der Waals surface area contributed by atoms with Crippen LogP contribution < -0.4 is 5.73 Å². The van der Waals surface area contributed by atoms with Crippen LogP contribution >= 0.6 is 23.6 Å². The van der Waals surface area contributed by atoms with Gasteiger partial charge in [0.15, 0.2) is 8.96 Å². The topological polar surface area (TPSA) is 80.5 Å². The molecule has 2 rings (SSSR count). The minimum Gasteiger partial charge on any atom is -0.383 e. The smallest absolute Gasteiger partial charge is 0.176 e. The standard InChI is InChI=1S/C7H7N5S2/c1-3-9-2-4(5(8)10-3)6-11-12-7(13)14-6/h2H,1H3,(H,12,13)(H2,8,9,10). The SMILES string of the molecule is Cc1ncc(-c2n[nH]c(=S)s2)c(N)n1. The minimum atomic E-state index is 0.426. The number of nitrogen functional groups attached to an aromatic ring is 1. The molecule has 0 fully saturated rings. The number of hydrogen-bond donors (Lipinski definition) is 2. The largest absolute Gasteiger partial charge is 0.383 e. The Bertz CT molecular complexity index is 515. The highest BCUT2D eigenvalue weighted by molar-refractivity contribution is 7.73. The molecule has 0 bridgehead atoms. The van der Waals surface area contributed by atoms with Crippen molar-refractivity contribution in [2.24, 2.45) is 0 Å². The van der Waals surface area contributed by atoms with E-state index in [4.69, 9.17) is 18.0 Å². The average molecular weight is 225 g/mol. The molecule has 2 aromatic rings. The normalized spacial score (nSPS) is 10.4. The summed E-state index contributed by atoms with van der Waals surface area (Å²) < 4.78 is 0.611. The lowest BCUT2D eigenvalue weighted by Gasteiger charge is -1.99. The molecule has 0 amide bonds. The number of nitrogens with zero attached hydrogens (tertiary/aromatic N) is 3. The molecule has 0 unspecified atom stereocenters. The Labute approximate surface area is 89.0 Å². The van der Waals surface area contributed by atoms with E-state index in [-0.39, 0.29) is 0 Å².